The summed E-state index contributed by atoms with van der Waals surface area (Å²) in [7, 11) is 3.19. The molecular weight excluding hydrogens is 389 g/mol. The highest BCUT2D eigenvalue weighted by molar-refractivity contribution is 5.93. The van der Waals surface area contributed by atoms with Gasteiger partial charge in [-0.1, -0.05) is 6.07 Å². The third kappa shape index (κ3) is 7.40. The van der Waals surface area contributed by atoms with Crippen LogP contribution in [0.25, 0.3) is 0 Å². The average Bonchev–Trinajstić information content (AvgIpc) is 2.70. The van der Waals surface area contributed by atoms with Gasteiger partial charge in [-0.3, -0.25) is 4.99 Å². The van der Waals surface area contributed by atoms with Crippen molar-refractivity contribution < 1.29 is 27.4 Å². The second-order valence-electron chi connectivity index (χ2n) is 5.76. The second-order valence-corrected chi connectivity index (χ2v) is 5.76. The molecule has 0 saturated carbocycles. The first-order chi connectivity index (χ1) is 13.8. The van der Waals surface area contributed by atoms with E-state index >= 15 is 0 Å². The number of halogens is 3. The highest BCUT2D eigenvalue weighted by Gasteiger charge is 2.28. The maximum atomic E-state index is 12.2. The third-order valence-electron chi connectivity index (χ3n) is 3.59. The number of ether oxygens (including phenoxy) is 3. The Morgan fingerprint density at radius 1 is 1.14 bits per heavy atom. The van der Waals surface area contributed by atoms with E-state index in [1.54, 1.807) is 32.4 Å². The number of hydrogen-bond acceptors (Lipinski definition) is 5. The summed E-state index contributed by atoms with van der Waals surface area (Å²) in [6.45, 7) is 1.37. The normalized spacial score (nSPS) is 11.7. The van der Waals surface area contributed by atoms with Crippen molar-refractivity contribution >= 4 is 11.6 Å². The molecule has 2 aromatic rings. The van der Waals surface area contributed by atoms with Gasteiger partial charge < -0.3 is 24.8 Å². The van der Waals surface area contributed by atoms with Crippen LogP contribution in [0, 0.1) is 0 Å². The Bertz CT molecular complexity index is 811. The Morgan fingerprint density at radius 3 is 2.52 bits per heavy atom. The summed E-state index contributed by atoms with van der Waals surface area (Å²) in [6, 6.07) is 8.41. The van der Waals surface area contributed by atoms with E-state index < -0.39 is 12.8 Å². The van der Waals surface area contributed by atoms with Gasteiger partial charge in [-0.15, -0.1) is 0 Å². The van der Waals surface area contributed by atoms with Crippen LogP contribution in [0.4, 0.5) is 18.9 Å². The highest BCUT2D eigenvalue weighted by atomic mass is 19.4. The minimum atomic E-state index is -4.40. The summed E-state index contributed by atoms with van der Waals surface area (Å²) in [5.41, 5.74) is 1.49. The van der Waals surface area contributed by atoms with Crippen molar-refractivity contribution in [2.75, 3.05) is 32.7 Å². The molecule has 0 radical (unpaired) electrons. The Kier molecular flexibility index (Phi) is 7.93. The fraction of sp³-hybridized carbons (Fsp3) is 0.368. The molecule has 0 aliphatic carbocycles. The van der Waals surface area contributed by atoms with E-state index in [2.05, 4.69) is 25.3 Å². The number of alkyl halides is 3. The number of pyridine rings is 1. The Morgan fingerprint density at radius 2 is 1.93 bits per heavy atom. The van der Waals surface area contributed by atoms with Crippen LogP contribution < -0.4 is 24.8 Å². The molecule has 10 heteroatoms. The number of anilines is 1. The van der Waals surface area contributed by atoms with Crippen LogP contribution in [0.1, 0.15) is 12.5 Å². The van der Waals surface area contributed by atoms with Gasteiger partial charge in [0, 0.05) is 37.6 Å². The summed E-state index contributed by atoms with van der Waals surface area (Å²) in [5.74, 6) is 1.64. The molecule has 2 N–H and O–H groups in total. The standard InChI is InChI=1S/C19H23F3N4O3/c1-4-28-16-9-14(6-7-15(16)27-3)26-18(23-2)25-11-13-5-8-17(24-10-13)29-12-19(20,21)22/h5-10H,4,11-12H2,1-3H3,(H2,23,25,26). The van der Waals surface area contributed by atoms with E-state index in [4.69, 9.17) is 9.47 Å². The van der Waals surface area contributed by atoms with Crippen LogP contribution in [0.3, 0.4) is 0 Å². The van der Waals surface area contributed by atoms with E-state index in [1.807, 2.05) is 13.0 Å². The molecule has 7 nitrogen and oxygen atoms in total. The SMILES string of the molecule is CCOc1cc(NC(=NC)NCc2ccc(OCC(F)(F)F)nc2)ccc1OC. The fourth-order valence-corrected chi connectivity index (χ4v) is 2.28. The largest absolute Gasteiger partial charge is 0.493 e. The first-order valence-electron chi connectivity index (χ1n) is 8.77. The van der Waals surface area contributed by atoms with Gasteiger partial charge in [0.1, 0.15) is 0 Å². The van der Waals surface area contributed by atoms with Gasteiger partial charge in [0.05, 0.1) is 13.7 Å². The Labute approximate surface area is 166 Å². The zero-order valence-electron chi connectivity index (χ0n) is 16.3. The van der Waals surface area contributed by atoms with Crippen molar-refractivity contribution in [3.05, 3.63) is 42.1 Å². The lowest BCUT2D eigenvalue weighted by Gasteiger charge is -2.15. The van der Waals surface area contributed by atoms with Crippen LogP contribution in [0.15, 0.2) is 41.5 Å². The van der Waals surface area contributed by atoms with Crippen LogP contribution in [-0.2, 0) is 6.54 Å². The minimum Gasteiger partial charge on any atom is -0.493 e. The molecule has 0 amide bonds. The molecule has 1 aromatic heterocycles. The van der Waals surface area contributed by atoms with E-state index in [9.17, 15) is 13.2 Å². The van der Waals surface area contributed by atoms with Gasteiger partial charge in [-0.25, -0.2) is 4.98 Å². The molecule has 0 atom stereocenters. The summed E-state index contributed by atoms with van der Waals surface area (Å²) in [6.07, 6.45) is -2.96. The Balaban J connectivity index is 1.93. The predicted octanol–water partition coefficient (Wildman–Crippen LogP) is 3.62. The number of rotatable bonds is 8. The number of methoxy groups -OCH3 is 1. The van der Waals surface area contributed by atoms with Gasteiger partial charge in [0.2, 0.25) is 5.88 Å². The molecule has 0 aliphatic heterocycles. The molecule has 1 heterocycles. The van der Waals surface area contributed by atoms with Crippen molar-refractivity contribution in [2.24, 2.45) is 4.99 Å². The lowest BCUT2D eigenvalue weighted by atomic mass is 10.2. The first kappa shape index (κ1) is 22.1. The molecule has 0 bridgehead atoms. The molecule has 0 spiro atoms. The van der Waals surface area contributed by atoms with Crippen LogP contribution in [0.5, 0.6) is 17.4 Å². The van der Waals surface area contributed by atoms with E-state index in [0.717, 1.165) is 11.3 Å². The highest BCUT2D eigenvalue weighted by Crippen LogP contribution is 2.30. The van der Waals surface area contributed by atoms with Crippen molar-refractivity contribution in [1.29, 1.82) is 0 Å². The fourth-order valence-electron chi connectivity index (χ4n) is 2.28. The quantitative estimate of drug-likeness (QED) is 0.510. The molecule has 2 rings (SSSR count). The maximum absolute atomic E-state index is 12.2. The molecule has 0 fully saturated rings. The monoisotopic (exact) mass is 412 g/mol. The smallest absolute Gasteiger partial charge is 0.422 e. The first-order valence-corrected chi connectivity index (χ1v) is 8.77. The molecular formula is C19H23F3N4O3. The lowest BCUT2D eigenvalue weighted by Crippen LogP contribution is -2.30. The number of guanidine groups is 1. The van der Waals surface area contributed by atoms with Crippen LogP contribution in [0.2, 0.25) is 0 Å². The van der Waals surface area contributed by atoms with E-state index in [-0.39, 0.29) is 5.88 Å². The Hall–Kier alpha value is -3.17. The summed E-state index contributed by atoms with van der Waals surface area (Å²) in [5, 5.41) is 6.23. The maximum Gasteiger partial charge on any atom is 0.422 e. The van der Waals surface area contributed by atoms with Crippen molar-refractivity contribution in [2.45, 2.75) is 19.6 Å². The number of aliphatic imine (C=N–C) groups is 1. The summed E-state index contributed by atoms with van der Waals surface area (Å²) in [4.78, 5) is 8.01. The number of benzene rings is 1. The van der Waals surface area contributed by atoms with Gasteiger partial charge in [-0.2, -0.15) is 13.2 Å². The molecule has 29 heavy (non-hydrogen) atoms. The zero-order valence-corrected chi connectivity index (χ0v) is 16.3. The number of nitrogens with zero attached hydrogens (tertiary/aromatic N) is 2. The topological polar surface area (TPSA) is 77.0 Å². The molecule has 0 aliphatic rings. The number of hydrogen-bond donors (Lipinski definition) is 2. The minimum absolute atomic E-state index is 0.0877. The van der Waals surface area contributed by atoms with Gasteiger partial charge in [-0.05, 0) is 24.6 Å². The summed E-state index contributed by atoms with van der Waals surface area (Å²) >= 11 is 0. The molecule has 0 saturated heterocycles. The molecule has 0 unspecified atom stereocenters. The predicted molar refractivity (Wildman–Crippen MR) is 104 cm³/mol. The second kappa shape index (κ2) is 10.4. The lowest BCUT2D eigenvalue weighted by molar-refractivity contribution is -0.154. The van der Waals surface area contributed by atoms with Gasteiger partial charge in [0.15, 0.2) is 24.1 Å². The van der Waals surface area contributed by atoms with Crippen molar-refractivity contribution in [3.8, 4) is 17.4 Å². The molecule has 1 aromatic carbocycles. The van der Waals surface area contributed by atoms with E-state index in [1.165, 1.54) is 12.3 Å². The number of aromatic nitrogens is 1. The average molecular weight is 412 g/mol. The number of nitrogens with one attached hydrogen (secondary N) is 2. The van der Waals surface area contributed by atoms with Crippen molar-refractivity contribution in [3.63, 3.8) is 0 Å². The molecule has 158 valence electrons. The zero-order chi connectivity index (χ0) is 21.3. The third-order valence-corrected chi connectivity index (χ3v) is 3.59. The van der Waals surface area contributed by atoms with E-state index in [0.29, 0.717) is 30.6 Å². The van der Waals surface area contributed by atoms with Crippen LogP contribution in [-0.4, -0.2) is 44.5 Å². The van der Waals surface area contributed by atoms with Crippen LogP contribution >= 0.6 is 0 Å². The van der Waals surface area contributed by atoms with Gasteiger partial charge >= 0.3 is 6.18 Å². The summed E-state index contributed by atoms with van der Waals surface area (Å²) < 4.78 is 51.9. The van der Waals surface area contributed by atoms with Gasteiger partial charge in [0.25, 0.3) is 0 Å². The van der Waals surface area contributed by atoms with Crippen molar-refractivity contribution in [1.82, 2.24) is 10.3 Å².